The van der Waals surface area contributed by atoms with Gasteiger partial charge in [0, 0.05) is 43.8 Å². The maximum atomic E-state index is 5.34. The van der Waals surface area contributed by atoms with Crippen molar-refractivity contribution in [1.82, 2.24) is 9.88 Å². The van der Waals surface area contributed by atoms with Crippen LogP contribution < -0.4 is 0 Å². The number of methoxy groups -OCH3 is 1. The summed E-state index contributed by atoms with van der Waals surface area (Å²) in [4.78, 5) is 8.31. The highest BCUT2D eigenvalue weighted by atomic mass is 32.1. The quantitative estimate of drug-likeness (QED) is 0.806. The first-order chi connectivity index (χ1) is 8.83. The third-order valence-electron chi connectivity index (χ3n) is 2.99. The molecule has 2 rings (SSSR count). The van der Waals surface area contributed by atoms with Crippen molar-refractivity contribution in [3.8, 4) is 0 Å². The van der Waals surface area contributed by atoms with E-state index in [1.54, 1.807) is 18.4 Å². The first-order valence-corrected chi connectivity index (χ1v) is 7.65. The number of hydrogen-bond acceptors (Lipinski definition) is 6. The van der Waals surface area contributed by atoms with Gasteiger partial charge >= 0.3 is 0 Å². The van der Waals surface area contributed by atoms with Crippen molar-refractivity contribution in [3.63, 3.8) is 0 Å². The Kier molecular flexibility index (Phi) is 5.91. The van der Waals surface area contributed by atoms with Crippen LogP contribution in [0.2, 0.25) is 0 Å². The van der Waals surface area contributed by atoms with E-state index in [9.17, 15) is 0 Å². The molecule has 0 aromatic carbocycles. The molecule has 1 aliphatic rings. The van der Waals surface area contributed by atoms with Crippen LogP contribution in [0.5, 0.6) is 0 Å². The van der Waals surface area contributed by atoms with Crippen molar-refractivity contribution in [1.29, 1.82) is 0 Å². The molecule has 102 valence electrons. The number of rotatable bonds is 6. The van der Waals surface area contributed by atoms with Crippen molar-refractivity contribution in [2.24, 2.45) is 0 Å². The number of hydrogen-bond donors (Lipinski definition) is 1. The van der Waals surface area contributed by atoms with Gasteiger partial charge in [-0.25, -0.2) is 4.98 Å². The lowest BCUT2D eigenvalue weighted by atomic mass is 10.3. The Labute approximate surface area is 118 Å². The van der Waals surface area contributed by atoms with Gasteiger partial charge in [0.1, 0.15) is 0 Å². The summed E-state index contributed by atoms with van der Waals surface area (Å²) in [6.07, 6.45) is 1.01. The minimum atomic E-state index is 0.587. The van der Waals surface area contributed by atoms with E-state index < -0.39 is 0 Å². The minimum absolute atomic E-state index is 0.587. The Hall–Kier alpha value is -0.140. The summed E-state index contributed by atoms with van der Waals surface area (Å²) in [6, 6.07) is 0. The minimum Gasteiger partial charge on any atom is -0.379 e. The third-order valence-corrected chi connectivity index (χ3v) is 4.68. The van der Waals surface area contributed by atoms with E-state index in [1.165, 1.54) is 9.88 Å². The summed E-state index contributed by atoms with van der Waals surface area (Å²) in [5, 5.41) is 1.19. The van der Waals surface area contributed by atoms with Gasteiger partial charge in [0.2, 0.25) is 0 Å². The molecular weight excluding hydrogens is 268 g/mol. The van der Waals surface area contributed by atoms with Crippen LogP contribution in [-0.4, -0.2) is 49.8 Å². The zero-order valence-corrected chi connectivity index (χ0v) is 12.4. The van der Waals surface area contributed by atoms with Crippen LogP contribution in [0.3, 0.4) is 0 Å². The molecule has 0 unspecified atom stereocenters. The van der Waals surface area contributed by atoms with E-state index in [-0.39, 0.29) is 0 Å². The van der Waals surface area contributed by atoms with Crippen molar-refractivity contribution in [3.05, 3.63) is 15.6 Å². The second-order valence-electron chi connectivity index (χ2n) is 4.27. The number of morpholine rings is 1. The Balaban J connectivity index is 1.88. The van der Waals surface area contributed by atoms with E-state index in [0.29, 0.717) is 6.61 Å². The highest BCUT2D eigenvalue weighted by molar-refractivity contribution is 7.79. The van der Waals surface area contributed by atoms with Crippen LogP contribution in [0.4, 0.5) is 0 Å². The fourth-order valence-corrected chi connectivity index (χ4v) is 3.29. The maximum absolute atomic E-state index is 5.34. The zero-order chi connectivity index (χ0) is 12.8. The molecule has 1 aromatic heterocycles. The molecule has 18 heavy (non-hydrogen) atoms. The lowest BCUT2D eigenvalue weighted by molar-refractivity contribution is 0.0384. The molecule has 0 atom stereocenters. The molecule has 0 amide bonds. The van der Waals surface area contributed by atoms with Gasteiger partial charge in [0.25, 0.3) is 0 Å². The van der Waals surface area contributed by atoms with E-state index >= 15 is 0 Å². The zero-order valence-electron chi connectivity index (χ0n) is 10.7. The van der Waals surface area contributed by atoms with Crippen molar-refractivity contribution >= 4 is 24.0 Å². The normalized spacial score (nSPS) is 17.2. The summed E-state index contributed by atoms with van der Waals surface area (Å²) < 4.78 is 10.5. The molecule has 0 aliphatic carbocycles. The van der Waals surface area contributed by atoms with Crippen molar-refractivity contribution in [2.45, 2.75) is 18.8 Å². The molecule has 0 N–H and O–H groups in total. The predicted octanol–water partition coefficient (Wildman–Crippen LogP) is 1.59. The molecule has 0 saturated carbocycles. The van der Waals surface area contributed by atoms with Crippen LogP contribution in [0.1, 0.15) is 15.6 Å². The van der Waals surface area contributed by atoms with Crippen LogP contribution in [0.15, 0.2) is 0 Å². The molecule has 1 aliphatic heterocycles. The highest BCUT2D eigenvalue weighted by Gasteiger charge is 2.13. The number of thiol groups is 1. The van der Waals surface area contributed by atoms with Crippen LogP contribution in [0.25, 0.3) is 0 Å². The second kappa shape index (κ2) is 7.45. The molecule has 2 heterocycles. The van der Waals surface area contributed by atoms with Crippen LogP contribution in [-0.2, 0) is 28.3 Å². The number of ether oxygens (including phenoxy) is 2. The van der Waals surface area contributed by atoms with Gasteiger partial charge in [-0.05, 0) is 0 Å². The van der Waals surface area contributed by atoms with Crippen LogP contribution in [0, 0.1) is 0 Å². The first kappa shape index (κ1) is 14.3. The lowest BCUT2D eigenvalue weighted by Gasteiger charge is -2.25. The summed E-state index contributed by atoms with van der Waals surface area (Å²) in [6.45, 7) is 5.44. The van der Waals surface area contributed by atoms with E-state index in [1.807, 2.05) is 0 Å². The molecule has 0 spiro atoms. The van der Waals surface area contributed by atoms with Gasteiger partial charge in [0.15, 0.2) is 0 Å². The molecule has 6 heteroatoms. The second-order valence-corrected chi connectivity index (χ2v) is 5.76. The highest BCUT2D eigenvalue weighted by Crippen LogP contribution is 2.22. The smallest absolute Gasteiger partial charge is 0.0945 e. The Morgan fingerprint density at radius 1 is 1.44 bits per heavy atom. The number of aromatic nitrogens is 1. The maximum Gasteiger partial charge on any atom is 0.0945 e. The summed E-state index contributed by atoms with van der Waals surface area (Å²) in [5.41, 5.74) is 1.05. The average molecular weight is 288 g/mol. The molecule has 1 fully saturated rings. The molecule has 4 nitrogen and oxygen atoms in total. The van der Waals surface area contributed by atoms with Gasteiger partial charge in [0.05, 0.1) is 30.5 Å². The summed E-state index contributed by atoms with van der Waals surface area (Å²) in [7, 11) is 1.70. The Bertz CT molecular complexity index is 365. The van der Waals surface area contributed by atoms with E-state index in [0.717, 1.165) is 50.7 Å². The molecule has 0 radical (unpaired) electrons. The van der Waals surface area contributed by atoms with E-state index in [2.05, 4.69) is 22.5 Å². The average Bonchev–Trinajstić information content (AvgIpc) is 2.80. The van der Waals surface area contributed by atoms with Crippen LogP contribution >= 0.6 is 24.0 Å². The van der Waals surface area contributed by atoms with Crippen molar-refractivity contribution in [2.75, 3.05) is 40.0 Å². The van der Waals surface area contributed by atoms with Gasteiger partial charge in [-0.3, -0.25) is 4.90 Å². The van der Waals surface area contributed by atoms with E-state index in [4.69, 9.17) is 9.47 Å². The van der Waals surface area contributed by atoms with Gasteiger partial charge < -0.3 is 9.47 Å². The number of nitrogens with zero attached hydrogens (tertiary/aromatic N) is 2. The molecular formula is C12H20N2O2S2. The molecule has 0 bridgehead atoms. The fraction of sp³-hybridized carbons (Fsp3) is 0.750. The summed E-state index contributed by atoms with van der Waals surface area (Å²) >= 11 is 6.11. The largest absolute Gasteiger partial charge is 0.379 e. The monoisotopic (exact) mass is 288 g/mol. The fourth-order valence-electron chi connectivity index (χ4n) is 2.00. The Morgan fingerprint density at radius 2 is 2.22 bits per heavy atom. The SMILES string of the molecule is COCc1nc(CCN2CCOCC2)sc1CS. The number of thiazole rings is 1. The standard InChI is InChI=1S/C12H20N2O2S2/c1-15-8-10-11(9-17)18-12(13-10)2-3-14-4-6-16-7-5-14/h17H,2-9H2,1H3. The Morgan fingerprint density at radius 3 is 2.89 bits per heavy atom. The molecule has 1 aromatic rings. The topological polar surface area (TPSA) is 34.6 Å². The lowest BCUT2D eigenvalue weighted by Crippen LogP contribution is -2.37. The van der Waals surface area contributed by atoms with Gasteiger partial charge in [-0.2, -0.15) is 12.6 Å². The first-order valence-electron chi connectivity index (χ1n) is 6.21. The third kappa shape index (κ3) is 3.93. The van der Waals surface area contributed by atoms with Gasteiger partial charge in [-0.15, -0.1) is 11.3 Å². The molecule has 1 saturated heterocycles. The summed E-state index contributed by atoms with van der Waals surface area (Å²) in [5.74, 6) is 0.744. The van der Waals surface area contributed by atoms with Gasteiger partial charge in [-0.1, -0.05) is 0 Å². The van der Waals surface area contributed by atoms with Crippen molar-refractivity contribution < 1.29 is 9.47 Å². The predicted molar refractivity (Wildman–Crippen MR) is 76.5 cm³/mol.